The van der Waals surface area contributed by atoms with Crippen molar-refractivity contribution >= 4 is 35.1 Å². The van der Waals surface area contributed by atoms with E-state index in [0.29, 0.717) is 0 Å². The molecule has 4 heteroatoms. The Bertz CT molecular complexity index is 667. The third kappa shape index (κ3) is 3.27. The fourth-order valence-corrected chi connectivity index (χ4v) is 4.08. The number of carbonyl (C=O) groups is 1. The highest BCUT2D eigenvalue weighted by Gasteiger charge is 2.28. The van der Waals surface area contributed by atoms with E-state index in [0.717, 1.165) is 12.1 Å². The summed E-state index contributed by atoms with van der Waals surface area (Å²) in [7, 11) is 0. The van der Waals surface area contributed by atoms with E-state index in [1.165, 1.54) is 20.9 Å². The first-order valence-corrected chi connectivity index (χ1v) is 8.97. The number of anilines is 1. The summed E-state index contributed by atoms with van der Waals surface area (Å²) in [5, 5.41) is 2.99. The monoisotopic (exact) mass is 315 g/mol. The average molecular weight is 315 g/mol. The molecule has 21 heavy (non-hydrogen) atoms. The van der Waals surface area contributed by atoms with Crippen LogP contribution in [0.3, 0.4) is 0 Å². The van der Waals surface area contributed by atoms with Gasteiger partial charge in [-0.05, 0) is 55.5 Å². The molecule has 1 amide bonds. The molecule has 2 aromatic carbocycles. The minimum absolute atomic E-state index is 0.0259. The van der Waals surface area contributed by atoms with Crippen molar-refractivity contribution in [3.05, 3.63) is 53.6 Å². The molecule has 1 atom stereocenters. The number of benzene rings is 2. The normalized spacial score (nSPS) is 16.6. The second kappa shape index (κ2) is 6.16. The van der Waals surface area contributed by atoms with Gasteiger partial charge in [-0.25, -0.2) is 0 Å². The maximum absolute atomic E-state index is 12.4. The van der Waals surface area contributed by atoms with Crippen LogP contribution in [0, 0.1) is 6.92 Å². The number of hydrogen-bond acceptors (Lipinski definition) is 3. The van der Waals surface area contributed by atoms with Gasteiger partial charge in [0.05, 0.1) is 5.25 Å². The summed E-state index contributed by atoms with van der Waals surface area (Å²) in [6.45, 7) is 2.08. The first-order chi connectivity index (χ1) is 10.2. The number of thioether (sulfide) groups is 2. The van der Waals surface area contributed by atoms with Gasteiger partial charge in [0, 0.05) is 15.5 Å². The van der Waals surface area contributed by atoms with Crippen molar-refractivity contribution in [1.29, 1.82) is 0 Å². The van der Waals surface area contributed by atoms with E-state index in [-0.39, 0.29) is 11.2 Å². The molecule has 0 saturated heterocycles. The van der Waals surface area contributed by atoms with E-state index in [9.17, 15) is 4.79 Å². The van der Waals surface area contributed by atoms with E-state index >= 15 is 0 Å². The summed E-state index contributed by atoms with van der Waals surface area (Å²) in [6.07, 6.45) is 2.86. The second-order valence-corrected chi connectivity index (χ2v) is 7.26. The Hall–Kier alpha value is -1.39. The lowest BCUT2D eigenvalue weighted by molar-refractivity contribution is -0.115. The maximum Gasteiger partial charge on any atom is 0.238 e. The van der Waals surface area contributed by atoms with Crippen molar-refractivity contribution in [2.45, 2.75) is 28.4 Å². The van der Waals surface area contributed by atoms with E-state index in [2.05, 4.69) is 30.4 Å². The van der Waals surface area contributed by atoms with Crippen LogP contribution in [-0.2, 0) is 11.2 Å². The van der Waals surface area contributed by atoms with Crippen LogP contribution in [0.25, 0.3) is 0 Å². The van der Waals surface area contributed by atoms with Crippen molar-refractivity contribution in [3.8, 4) is 0 Å². The van der Waals surface area contributed by atoms with E-state index < -0.39 is 0 Å². The van der Waals surface area contributed by atoms with Gasteiger partial charge >= 0.3 is 0 Å². The number of hydrogen-bond donors (Lipinski definition) is 1. The zero-order chi connectivity index (χ0) is 14.8. The lowest BCUT2D eigenvalue weighted by atomic mass is 10.1. The fraction of sp³-hybridized carbons (Fsp3) is 0.235. The Kier molecular flexibility index (Phi) is 4.27. The molecule has 1 N–H and O–H groups in total. The van der Waals surface area contributed by atoms with Crippen LogP contribution >= 0.6 is 23.5 Å². The zero-order valence-corrected chi connectivity index (χ0v) is 13.7. The molecule has 0 aromatic heterocycles. The molecule has 0 radical (unpaired) electrons. The number of amides is 1. The Labute approximate surface area is 133 Å². The highest BCUT2D eigenvalue weighted by Crippen LogP contribution is 2.38. The number of fused-ring (bicyclic) bond motifs is 1. The molecule has 3 rings (SSSR count). The zero-order valence-electron chi connectivity index (χ0n) is 12.1. The van der Waals surface area contributed by atoms with Crippen molar-refractivity contribution in [1.82, 2.24) is 0 Å². The van der Waals surface area contributed by atoms with Crippen molar-refractivity contribution in [2.75, 3.05) is 11.6 Å². The summed E-state index contributed by atoms with van der Waals surface area (Å²) in [6, 6.07) is 14.4. The van der Waals surface area contributed by atoms with Crippen LogP contribution in [0.5, 0.6) is 0 Å². The van der Waals surface area contributed by atoms with Gasteiger partial charge in [-0.15, -0.1) is 23.5 Å². The molecule has 0 aliphatic carbocycles. The second-order valence-electron chi connectivity index (χ2n) is 5.14. The van der Waals surface area contributed by atoms with Gasteiger partial charge in [0.2, 0.25) is 5.91 Å². The van der Waals surface area contributed by atoms with Gasteiger partial charge < -0.3 is 5.32 Å². The molecule has 1 aliphatic heterocycles. The smallest absolute Gasteiger partial charge is 0.238 e. The standard InChI is InChI=1S/C17H17NOS2/c1-11-3-4-12-10-16(21-15(12)9-11)17(19)18-13-5-7-14(20-2)8-6-13/h3-9,16H,10H2,1-2H3,(H,18,19)/t16-/m0/s1. The molecule has 0 unspecified atom stereocenters. The first kappa shape index (κ1) is 14.5. The largest absolute Gasteiger partial charge is 0.325 e. The Morgan fingerprint density at radius 1 is 1.24 bits per heavy atom. The Morgan fingerprint density at radius 3 is 2.71 bits per heavy atom. The van der Waals surface area contributed by atoms with Gasteiger partial charge in [0.15, 0.2) is 0 Å². The van der Waals surface area contributed by atoms with Crippen LogP contribution < -0.4 is 5.32 Å². The summed E-state index contributed by atoms with van der Waals surface area (Å²) >= 11 is 3.37. The van der Waals surface area contributed by atoms with Gasteiger partial charge in [-0.1, -0.05) is 17.7 Å². The summed E-state index contributed by atoms with van der Waals surface area (Å²) in [5.41, 5.74) is 3.39. The van der Waals surface area contributed by atoms with E-state index in [4.69, 9.17) is 0 Å². The van der Waals surface area contributed by atoms with Crippen LogP contribution in [0.2, 0.25) is 0 Å². The van der Waals surface area contributed by atoms with E-state index in [1.807, 2.05) is 30.5 Å². The van der Waals surface area contributed by atoms with Gasteiger partial charge in [0.1, 0.15) is 0 Å². The van der Waals surface area contributed by atoms with Crippen LogP contribution in [-0.4, -0.2) is 17.4 Å². The summed E-state index contributed by atoms with van der Waals surface area (Å²) in [4.78, 5) is 14.8. The highest BCUT2D eigenvalue weighted by atomic mass is 32.2. The topological polar surface area (TPSA) is 29.1 Å². The number of nitrogens with one attached hydrogen (secondary N) is 1. The fourth-order valence-electron chi connectivity index (χ4n) is 2.38. The average Bonchev–Trinajstić information content (AvgIpc) is 2.91. The van der Waals surface area contributed by atoms with Crippen molar-refractivity contribution in [3.63, 3.8) is 0 Å². The third-order valence-corrected chi connectivity index (χ3v) is 5.59. The molecule has 1 heterocycles. The first-order valence-electron chi connectivity index (χ1n) is 6.87. The van der Waals surface area contributed by atoms with Crippen molar-refractivity contribution < 1.29 is 4.79 Å². The summed E-state index contributed by atoms with van der Waals surface area (Å²) < 4.78 is 0. The third-order valence-electron chi connectivity index (χ3n) is 3.55. The lowest BCUT2D eigenvalue weighted by Crippen LogP contribution is -2.24. The molecule has 0 spiro atoms. The molecule has 108 valence electrons. The number of carbonyl (C=O) groups excluding carboxylic acids is 1. The quantitative estimate of drug-likeness (QED) is 0.853. The molecule has 0 fully saturated rings. The molecular formula is C17H17NOS2. The predicted molar refractivity (Wildman–Crippen MR) is 91.4 cm³/mol. The number of rotatable bonds is 3. The van der Waals surface area contributed by atoms with E-state index in [1.54, 1.807) is 23.5 Å². The molecule has 2 aromatic rings. The number of aryl methyl sites for hydroxylation is 1. The summed E-state index contributed by atoms with van der Waals surface area (Å²) in [5.74, 6) is 0.0887. The molecule has 2 nitrogen and oxygen atoms in total. The Morgan fingerprint density at radius 2 is 2.00 bits per heavy atom. The van der Waals surface area contributed by atoms with Gasteiger partial charge in [-0.3, -0.25) is 4.79 Å². The van der Waals surface area contributed by atoms with Crippen molar-refractivity contribution in [2.24, 2.45) is 0 Å². The van der Waals surface area contributed by atoms with Crippen LogP contribution in [0.4, 0.5) is 5.69 Å². The predicted octanol–water partition coefficient (Wildman–Crippen LogP) is 4.37. The lowest BCUT2D eigenvalue weighted by Gasteiger charge is -2.10. The highest BCUT2D eigenvalue weighted by molar-refractivity contribution is 8.01. The molecular weight excluding hydrogens is 298 g/mol. The van der Waals surface area contributed by atoms with Crippen LogP contribution in [0.15, 0.2) is 52.3 Å². The van der Waals surface area contributed by atoms with Crippen LogP contribution in [0.1, 0.15) is 11.1 Å². The molecule has 0 bridgehead atoms. The molecule has 1 aliphatic rings. The minimum atomic E-state index is -0.0259. The minimum Gasteiger partial charge on any atom is -0.325 e. The SMILES string of the molecule is CSc1ccc(NC(=O)[C@@H]2Cc3ccc(C)cc3S2)cc1. The maximum atomic E-state index is 12.4. The van der Waals surface area contributed by atoms with Gasteiger partial charge in [-0.2, -0.15) is 0 Å². The molecule has 0 saturated carbocycles. The Balaban J connectivity index is 1.67. The van der Waals surface area contributed by atoms with Gasteiger partial charge in [0.25, 0.3) is 0 Å².